The number of hydrogen-bond acceptors (Lipinski definition) is 2. The third-order valence-corrected chi connectivity index (χ3v) is 5.49. The van der Waals surface area contributed by atoms with Gasteiger partial charge in [0.2, 0.25) is 5.91 Å². The molecule has 0 N–H and O–H groups in total. The molecule has 3 rings (SSSR count). The summed E-state index contributed by atoms with van der Waals surface area (Å²) >= 11 is 12.0. The van der Waals surface area contributed by atoms with Gasteiger partial charge >= 0.3 is 0 Å². The fourth-order valence-electron chi connectivity index (χ4n) is 3.27. The molecule has 2 atom stereocenters. The second-order valence-electron chi connectivity index (χ2n) is 6.61. The Hall–Kier alpha value is -0.770. The van der Waals surface area contributed by atoms with Gasteiger partial charge in [0.15, 0.2) is 0 Å². The third kappa shape index (κ3) is 3.76. The number of likely N-dealkylation sites (tertiary alicyclic amines) is 1. The number of rotatable bonds is 5. The van der Waals surface area contributed by atoms with Gasteiger partial charge in [0, 0.05) is 26.7 Å². The molecule has 0 bridgehead atoms. The van der Waals surface area contributed by atoms with E-state index < -0.39 is 4.33 Å². The predicted octanol–water partition coefficient (Wildman–Crippen LogP) is 3.16. The summed E-state index contributed by atoms with van der Waals surface area (Å²) in [4.78, 5) is 16.5. The average Bonchev–Trinajstić information content (AvgIpc) is 2.91. The molecule has 1 aliphatic carbocycles. The molecular weight excluding hydrogens is 319 g/mol. The zero-order chi connectivity index (χ0) is 15.7. The minimum Gasteiger partial charge on any atom is -0.345 e. The Morgan fingerprint density at radius 2 is 2.05 bits per heavy atom. The van der Waals surface area contributed by atoms with E-state index in [1.165, 1.54) is 5.56 Å². The molecule has 3 nitrogen and oxygen atoms in total. The van der Waals surface area contributed by atoms with E-state index in [1.54, 1.807) is 0 Å². The second-order valence-corrected chi connectivity index (χ2v) is 8.15. The molecule has 1 aliphatic heterocycles. The van der Waals surface area contributed by atoms with Crippen LogP contribution in [0.5, 0.6) is 0 Å². The zero-order valence-corrected chi connectivity index (χ0v) is 14.4. The SMILES string of the molecule is CN(CC1CCN(Cc2ccccc2)C1)C(=O)C1CC1(Cl)Cl. The van der Waals surface area contributed by atoms with Gasteiger partial charge in [-0.15, -0.1) is 23.2 Å². The van der Waals surface area contributed by atoms with Gasteiger partial charge in [0.05, 0.1) is 5.92 Å². The van der Waals surface area contributed by atoms with Crippen LogP contribution in [-0.2, 0) is 11.3 Å². The molecular formula is C17H22Cl2N2O. The Balaban J connectivity index is 1.46. The predicted molar refractivity (Wildman–Crippen MR) is 90.0 cm³/mol. The van der Waals surface area contributed by atoms with Crippen LogP contribution in [0.15, 0.2) is 30.3 Å². The molecule has 0 spiro atoms. The number of nitrogens with zero attached hydrogens (tertiary/aromatic N) is 2. The molecule has 1 aromatic rings. The quantitative estimate of drug-likeness (QED) is 0.768. The first-order chi connectivity index (χ1) is 10.5. The molecule has 2 fully saturated rings. The number of carbonyl (C=O) groups excluding carboxylic acids is 1. The fraction of sp³-hybridized carbons (Fsp3) is 0.588. The standard InChI is InChI=1S/C17H22Cl2N2O/c1-20(16(22)15-9-17(15,18)19)10-14-7-8-21(12-14)11-13-5-3-2-4-6-13/h2-6,14-15H,7-12H2,1H3. The van der Waals surface area contributed by atoms with Gasteiger partial charge in [-0.1, -0.05) is 30.3 Å². The number of alkyl halides is 2. The molecule has 0 radical (unpaired) electrons. The molecule has 1 amide bonds. The summed E-state index contributed by atoms with van der Waals surface area (Å²) in [7, 11) is 1.87. The largest absolute Gasteiger partial charge is 0.345 e. The molecule has 120 valence electrons. The lowest BCUT2D eigenvalue weighted by Gasteiger charge is -2.22. The van der Waals surface area contributed by atoms with Gasteiger partial charge < -0.3 is 4.90 Å². The van der Waals surface area contributed by atoms with Crippen molar-refractivity contribution in [2.24, 2.45) is 11.8 Å². The van der Waals surface area contributed by atoms with Crippen LogP contribution in [0.25, 0.3) is 0 Å². The smallest absolute Gasteiger partial charge is 0.228 e. The minimum atomic E-state index is -0.819. The van der Waals surface area contributed by atoms with Gasteiger partial charge in [-0.25, -0.2) is 0 Å². The minimum absolute atomic E-state index is 0.0894. The Morgan fingerprint density at radius 3 is 2.68 bits per heavy atom. The molecule has 1 saturated carbocycles. The molecule has 0 aromatic heterocycles. The number of hydrogen-bond donors (Lipinski definition) is 0. The highest BCUT2D eigenvalue weighted by Crippen LogP contribution is 2.53. The first-order valence-electron chi connectivity index (χ1n) is 7.85. The molecule has 5 heteroatoms. The summed E-state index contributed by atoms with van der Waals surface area (Å²) in [6, 6.07) is 10.5. The summed E-state index contributed by atoms with van der Waals surface area (Å²) in [6.45, 7) is 3.93. The average molecular weight is 341 g/mol. The van der Waals surface area contributed by atoms with Crippen LogP contribution in [0.2, 0.25) is 0 Å². The van der Waals surface area contributed by atoms with Crippen molar-refractivity contribution in [1.82, 2.24) is 9.80 Å². The van der Waals surface area contributed by atoms with Crippen molar-refractivity contribution < 1.29 is 4.79 Å². The maximum absolute atomic E-state index is 12.2. The van der Waals surface area contributed by atoms with Gasteiger partial charge in [0.25, 0.3) is 0 Å². The van der Waals surface area contributed by atoms with E-state index in [1.807, 2.05) is 18.0 Å². The fourth-order valence-corrected chi connectivity index (χ4v) is 3.77. The summed E-state index contributed by atoms with van der Waals surface area (Å²) in [5.41, 5.74) is 1.35. The molecule has 22 heavy (non-hydrogen) atoms. The van der Waals surface area contributed by atoms with E-state index in [4.69, 9.17) is 23.2 Å². The molecule has 1 aromatic carbocycles. The maximum atomic E-state index is 12.2. The topological polar surface area (TPSA) is 23.6 Å². The molecule has 1 saturated heterocycles. The molecule has 1 heterocycles. The lowest BCUT2D eigenvalue weighted by Crippen LogP contribution is -2.35. The zero-order valence-electron chi connectivity index (χ0n) is 12.8. The van der Waals surface area contributed by atoms with Crippen LogP contribution < -0.4 is 0 Å². The highest BCUT2D eigenvalue weighted by atomic mass is 35.5. The van der Waals surface area contributed by atoms with E-state index in [0.717, 1.165) is 32.6 Å². The Morgan fingerprint density at radius 1 is 1.36 bits per heavy atom. The number of halogens is 2. The first-order valence-corrected chi connectivity index (χ1v) is 8.60. The number of amides is 1. The van der Waals surface area contributed by atoms with Gasteiger partial charge in [-0.3, -0.25) is 9.69 Å². The van der Waals surface area contributed by atoms with E-state index >= 15 is 0 Å². The van der Waals surface area contributed by atoms with Gasteiger partial charge in [0.1, 0.15) is 4.33 Å². The Labute approximate surface area is 142 Å². The van der Waals surface area contributed by atoms with Crippen LogP contribution in [0.3, 0.4) is 0 Å². The summed E-state index contributed by atoms with van der Waals surface area (Å²) < 4.78 is -0.819. The Bertz CT molecular complexity index is 535. The Kier molecular flexibility index (Phi) is 4.67. The lowest BCUT2D eigenvalue weighted by molar-refractivity contribution is -0.131. The first kappa shape index (κ1) is 16.1. The van der Waals surface area contributed by atoms with Crippen molar-refractivity contribution in [1.29, 1.82) is 0 Å². The maximum Gasteiger partial charge on any atom is 0.228 e. The van der Waals surface area contributed by atoms with Crippen molar-refractivity contribution >= 4 is 29.1 Å². The van der Waals surface area contributed by atoms with Crippen LogP contribution in [-0.4, -0.2) is 46.7 Å². The van der Waals surface area contributed by atoms with Crippen LogP contribution >= 0.6 is 23.2 Å². The summed E-state index contributed by atoms with van der Waals surface area (Å²) in [5.74, 6) is 0.422. The van der Waals surface area contributed by atoms with E-state index in [9.17, 15) is 4.79 Å². The van der Waals surface area contributed by atoms with Crippen molar-refractivity contribution in [2.75, 3.05) is 26.7 Å². The van der Waals surface area contributed by atoms with Gasteiger partial charge in [-0.2, -0.15) is 0 Å². The third-order valence-electron chi connectivity index (χ3n) is 4.65. The van der Waals surface area contributed by atoms with E-state index in [0.29, 0.717) is 12.3 Å². The van der Waals surface area contributed by atoms with Crippen molar-refractivity contribution in [3.05, 3.63) is 35.9 Å². The molecule has 2 aliphatic rings. The normalized spacial score (nSPS) is 26.9. The van der Waals surface area contributed by atoms with E-state index in [-0.39, 0.29) is 11.8 Å². The van der Waals surface area contributed by atoms with Crippen LogP contribution in [0.4, 0.5) is 0 Å². The van der Waals surface area contributed by atoms with Crippen LogP contribution in [0.1, 0.15) is 18.4 Å². The highest BCUT2D eigenvalue weighted by molar-refractivity contribution is 6.52. The summed E-state index contributed by atoms with van der Waals surface area (Å²) in [6.07, 6.45) is 1.73. The second kappa shape index (κ2) is 6.38. The number of benzene rings is 1. The number of carbonyl (C=O) groups is 1. The van der Waals surface area contributed by atoms with Crippen molar-refractivity contribution in [3.8, 4) is 0 Å². The van der Waals surface area contributed by atoms with E-state index in [2.05, 4.69) is 29.2 Å². The highest BCUT2D eigenvalue weighted by Gasteiger charge is 2.57. The monoisotopic (exact) mass is 340 g/mol. The van der Waals surface area contributed by atoms with Crippen LogP contribution in [0, 0.1) is 11.8 Å². The van der Waals surface area contributed by atoms with Crippen molar-refractivity contribution in [2.45, 2.75) is 23.7 Å². The molecule has 2 unspecified atom stereocenters. The van der Waals surface area contributed by atoms with Gasteiger partial charge in [-0.05, 0) is 30.9 Å². The summed E-state index contributed by atoms with van der Waals surface area (Å²) in [5, 5.41) is 0. The van der Waals surface area contributed by atoms with Crippen molar-refractivity contribution in [3.63, 3.8) is 0 Å². The lowest BCUT2D eigenvalue weighted by atomic mass is 10.1.